The SMILES string of the molecule is CCC/C=C/CCCCCCCCCCCCCCOC[C@H]1OC[C@H](O)[C@@H](O)[C@@H]1O. The van der Waals surface area contributed by atoms with Crippen molar-refractivity contribution in [2.75, 3.05) is 19.8 Å². The Hall–Kier alpha value is -0.460. The summed E-state index contributed by atoms with van der Waals surface area (Å²) in [4.78, 5) is 0. The van der Waals surface area contributed by atoms with E-state index in [0.717, 1.165) is 6.42 Å². The third-order valence-electron chi connectivity index (χ3n) is 5.92. The average Bonchev–Trinajstić information content (AvgIpc) is 2.75. The summed E-state index contributed by atoms with van der Waals surface area (Å²) in [6, 6.07) is 0. The van der Waals surface area contributed by atoms with E-state index in [1.165, 1.54) is 89.9 Å². The van der Waals surface area contributed by atoms with Crippen LogP contribution in [0.2, 0.25) is 0 Å². The first kappa shape index (κ1) is 27.6. The molecule has 5 heteroatoms. The number of rotatable bonds is 19. The minimum atomic E-state index is -1.15. The first-order valence-electron chi connectivity index (χ1n) is 12.5. The second-order valence-corrected chi connectivity index (χ2v) is 8.79. The topological polar surface area (TPSA) is 79.2 Å². The number of aliphatic hydroxyl groups is 3. The summed E-state index contributed by atoms with van der Waals surface area (Å²) in [5, 5.41) is 28.9. The van der Waals surface area contributed by atoms with E-state index >= 15 is 0 Å². The van der Waals surface area contributed by atoms with Crippen LogP contribution in [-0.2, 0) is 9.47 Å². The zero-order valence-electron chi connectivity index (χ0n) is 19.4. The molecule has 0 aromatic heterocycles. The van der Waals surface area contributed by atoms with Gasteiger partial charge in [-0.1, -0.05) is 89.7 Å². The van der Waals surface area contributed by atoms with Crippen molar-refractivity contribution < 1.29 is 24.8 Å². The number of unbranched alkanes of at least 4 members (excludes halogenated alkanes) is 13. The lowest BCUT2D eigenvalue weighted by Gasteiger charge is -2.35. The molecule has 178 valence electrons. The molecule has 1 rings (SSSR count). The second-order valence-electron chi connectivity index (χ2n) is 8.79. The number of ether oxygens (including phenoxy) is 2. The van der Waals surface area contributed by atoms with Gasteiger partial charge in [-0.2, -0.15) is 0 Å². The lowest BCUT2D eigenvalue weighted by atomic mass is 10.0. The molecule has 0 aromatic carbocycles. The largest absolute Gasteiger partial charge is 0.388 e. The van der Waals surface area contributed by atoms with Gasteiger partial charge in [-0.3, -0.25) is 0 Å². The molecule has 30 heavy (non-hydrogen) atoms. The summed E-state index contributed by atoms with van der Waals surface area (Å²) in [6.07, 6.45) is 20.4. The molecule has 0 bridgehead atoms. The fourth-order valence-electron chi connectivity index (χ4n) is 3.85. The zero-order chi connectivity index (χ0) is 21.9. The minimum Gasteiger partial charge on any atom is -0.388 e. The number of hydrogen-bond acceptors (Lipinski definition) is 5. The smallest absolute Gasteiger partial charge is 0.111 e. The van der Waals surface area contributed by atoms with Gasteiger partial charge in [0.25, 0.3) is 0 Å². The van der Waals surface area contributed by atoms with Crippen LogP contribution in [0.15, 0.2) is 12.2 Å². The summed E-state index contributed by atoms with van der Waals surface area (Å²) in [7, 11) is 0. The van der Waals surface area contributed by atoms with Gasteiger partial charge in [-0.25, -0.2) is 0 Å². The summed E-state index contributed by atoms with van der Waals surface area (Å²) >= 11 is 0. The molecule has 0 saturated carbocycles. The Balaban J connectivity index is 1.76. The predicted octanol–water partition coefficient (Wildman–Crippen LogP) is 4.91. The van der Waals surface area contributed by atoms with Crippen molar-refractivity contribution in [1.82, 2.24) is 0 Å². The van der Waals surface area contributed by atoms with Gasteiger partial charge in [0.2, 0.25) is 0 Å². The van der Waals surface area contributed by atoms with Gasteiger partial charge in [0, 0.05) is 6.61 Å². The molecule has 1 heterocycles. The number of hydrogen-bond donors (Lipinski definition) is 3. The molecule has 1 saturated heterocycles. The van der Waals surface area contributed by atoms with E-state index in [4.69, 9.17) is 9.47 Å². The van der Waals surface area contributed by atoms with Crippen LogP contribution in [0.3, 0.4) is 0 Å². The summed E-state index contributed by atoms with van der Waals surface area (Å²) in [5.41, 5.74) is 0. The quantitative estimate of drug-likeness (QED) is 0.201. The van der Waals surface area contributed by atoms with Crippen molar-refractivity contribution >= 4 is 0 Å². The van der Waals surface area contributed by atoms with Crippen molar-refractivity contribution in [2.45, 2.75) is 128 Å². The van der Waals surface area contributed by atoms with E-state index in [1.54, 1.807) is 0 Å². The second kappa shape index (κ2) is 19.2. The van der Waals surface area contributed by atoms with E-state index < -0.39 is 24.4 Å². The molecule has 0 spiro atoms. The molecule has 1 aliphatic heterocycles. The van der Waals surface area contributed by atoms with Gasteiger partial charge in [0.15, 0.2) is 0 Å². The van der Waals surface area contributed by atoms with Gasteiger partial charge in [0.1, 0.15) is 24.4 Å². The Labute approximate surface area is 184 Å². The van der Waals surface area contributed by atoms with Crippen LogP contribution >= 0.6 is 0 Å². The Morgan fingerprint density at radius 2 is 1.27 bits per heavy atom. The van der Waals surface area contributed by atoms with Crippen molar-refractivity contribution in [3.05, 3.63) is 12.2 Å². The van der Waals surface area contributed by atoms with Gasteiger partial charge < -0.3 is 24.8 Å². The zero-order valence-corrected chi connectivity index (χ0v) is 19.4. The van der Waals surface area contributed by atoms with Crippen molar-refractivity contribution in [1.29, 1.82) is 0 Å². The van der Waals surface area contributed by atoms with Gasteiger partial charge in [0.05, 0.1) is 13.2 Å². The van der Waals surface area contributed by atoms with E-state index in [0.29, 0.717) is 6.61 Å². The van der Waals surface area contributed by atoms with E-state index in [-0.39, 0.29) is 13.2 Å². The van der Waals surface area contributed by atoms with Gasteiger partial charge >= 0.3 is 0 Å². The van der Waals surface area contributed by atoms with Crippen molar-refractivity contribution in [3.63, 3.8) is 0 Å². The molecule has 3 N–H and O–H groups in total. The summed E-state index contributed by atoms with van der Waals surface area (Å²) in [5.74, 6) is 0. The normalized spacial score (nSPS) is 24.7. The molecule has 0 aromatic rings. The maximum Gasteiger partial charge on any atom is 0.111 e. The van der Waals surface area contributed by atoms with E-state index in [2.05, 4.69) is 19.1 Å². The maximum atomic E-state index is 9.84. The fraction of sp³-hybridized carbons (Fsp3) is 0.920. The lowest BCUT2D eigenvalue weighted by Crippen LogP contribution is -2.54. The molecular formula is C25H48O5. The molecule has 0 radical (unpaired) electrons. The Bertz CT molecular complexity index is 401. The molecule has 1 fully saturated rings. The third kappa shape index (κ3) is 13.8. The van der Waals surface area contributed by atoms with Crippen LogP contribution in [0, 0.1) is 0 Å². The molecule has 5 nitrogen and oxygen atoms in total. The van der Waals surface area contributed by atoms with Crippen LogP contribution < -0.4 is 0 Å². The van der Waals surface area contributed by atoms with Crippen LogP contribution in [0.5, 0.6) is 0 Å². The van der Waals surface area contributed by atoms with Crippen molar-refractivity contribution in [3.8, 4) is 0 Å². The Kier molecular flexibility index (Phi) is 17.7. The van der Waals surface area contributed by atoms with E-state index in [1.807, 2.05) is 0 Å². The highest BCUT2D eigenvalue weighted by molar-refractivity contribution is 4.86. The molecule has 0 amide bonds. The molecular weight excluding hydrogens is 380 g/mol. The lowest BCUT2D eigenvalue weighted by molar-refractivity contribution is -0.199. The van der Waals surface area contributed by atoms with Crippen molar-refractivity contribution in [2.24, 2.45) is 0 Å². The van der Waals surface area contributed by atoms with Crippen LogP contribution in [0.1, 0.15) is 103 Å². The fourth-order valence-corrected chi connectivity index (χ4v) is 3.85. The first-order chi connectivity index (χ1) is 14.7. The molecule has 1 aliphatic rings. The maximum absolute atomic E-state index is 9.84. The molecule has 4 atom stereocenters. The van der Waals surface area contributed by atoms with Crippen LogP contribution in [0.4, 0.5) is 0 Å². The molecule has 0 unspecified atom stereocenters. The highest BCUT2D eigenvalue weighted by Gasteiger charge is 2.37. The standard InChI is InChI=1S/C25H48O5/c1-2-3-4-5-6-7-8-9-10-11-12-13-14-15-16-17-18-19-29-21-23-25(28)24(27)22(26)20-30-23/h4-5,22-28H,2-3,6-21H2,1H3/b5-4+/t22-,23+,24+,25+/m0/s1. The summed E-state index contributed by atoms with van der Waals surface area (Å²) in [6.45, 7) is 3.19. The average molecular weight is 429 g/mol. The first-order valence-corrected chi connectivity index (χ1v) is 12.5. The highest BCUT2D eigenvalue weighted by atomic mass is 16.6. The van der Waals surface area contributed by atoms with Gasteiger partial charge in [-0.05, 0) is 25.7 Å². The number of aliphatic hydroxyl groups excluding tert-OH is 3. The third-order valence-corrected chi connectivity index (χ3v) is 5.92. The summed E-state index contributed by atoms with van der Waals surface area (Å²) < 4.78 is 10.9. The molecule has 0 aliphatic carbocycles. The monoisotopic (exact) mass is 428 g/mol. The predicted molar refractivity (Wildman–Crippen MR) is 123 cm³/mol. The van der Waals surface area contributed by atoms with Crippen LogP contribution in [-0.4, -0.2) is 59.6 Å². The van der Waals surface area contributed by atoms with Gasteiger partial charge in [-0.15, -0.1) is 0 Å². The Morgan fingerprint density at radius 3 is 1.87 bits per heavy atom. The Morgan fingerprint density at radius 1 is 0.733 bits per heavy atom. The minimum absolute atomic E-state index is 0.0446. The highest BCUT2D eigenvalue weighted by Crippen LogP contribution is 2.16. The van der Waals surface area contributed by atoms with Crippen LogP contribution in [0.25, 0.3) is 0 Å². The van der Waals surface area contributed by atoms with E-state index in [9.17, 15) is 15.3 Å². The number of allylic oxidation sites excluding steroid dienone is 2.